The van der Waals surface area contributed by atoms with Gasteiger partial charge in [-0.2, -0.15) is 14.9 Å². The van der Waals surface area contributed by atoms with Crippen molar-refractivity contribution in [1.82, 2.24) is 24.6 Å². The number of benzene rings is 1. The van der Waals surface area contributed by atoms with E-state index in [4.69, 9.17) is 5.26 Å². The molecule has 1 saturated carbocycles. The fraction of sp³-hybridized carbons (Fsp3) is 0.190. The molecule has 11 nitrogen and oxygen atoms in total. The van der Waals surface area contributed by atoms with Gasteiger partial charge in [-0.25, -0.2) is 9.78 Å². The van der Waals surface area contributed by atoms with Gasteiger partial charge in [0.05, 0.1) is 29.6 Å². The van der Waals surface area contributed by atoms with Gasteiger partial charge in [-0.1, -0.05) is 0 Å². The van der Waals surface area contributed by atoms with E-state index in [2.05, 4.69) is 35.1 Å². The van der Waals surface area contributed by atoms with Crippen molar-refractivity contribution in [3.8, 4) is 17.7 Å². The predicted octanol–water partition coefficient (Wildman–Crippen LogP) is 1.58. The lowest BCUT2D eigenvalue weighted by Crippen LogP contribution is -2.20. The van der Waals surface area contributed by atoms with Crippen LogP contribution in [-0.4, -0.2) is 42.1 Å². The van der Waals surface area contributed by atoms with E-state index < -0.39 is 17.8 Å². The van der Waals surface area contributed by atoms with E-state index >= 15 is 0 Å². The smallest absolute Gasteiger partial charge is 0.493 e. The number of halogens is 3. The van der Waals surface area contributed by atoms with Crippen molar-refractivity contribution < 1.29 is 23.0 Å². The summed E-state index contributed by atoms with van der Waals surface area (Å²) in [5.74, 6) is -0.845. The van der Waals surface area contributed by atoms with E-state index in [0.29, 0.717) is 10.7 Å². The summed E-state index contributed by atoms with van der Waals surface area (Å²) in [6, 6.07) is 6.96. The van der Waals surface area contributed by atoms with Gasteiger partial charge in [0.25, 0.3) is 0 Å². The van der Waals surface area contributed by atoms with Crippen molar-refractivity contribution in [3.63, 3.8) is 0 Å². The number of hydrogen-bond acceptors (Lipinski definition) is 8. The van der Waals surface area contributed by atoms with Crippen molar-refractivity contribution in [1.29, 1.82) is 5.26 Å². The zero-order valence-corrected chi connectivity index (χ0v) is 17.6. The van der Waals surface area contributed by atoms with E-state index in [1.54, 1.807) is 6.07 Å². The number of anilines is 2. The summed E-state index contributed by atoms with van der Waals surface area (Å²) in [4.78, 5) is 25.1. The Morgan fingerprint density at radius 3 is 2.77 bits per heavy atom. The summed E-state index contributed by atoms with van der Waals surface area (Å²) < 4.78 is 44.4. The van der Waals surface area contributed by atoms with Crippen LogP contribution >= 0.6 is 0 Å². The molecule has 3 aromatic heterocycles. The van der Waals surface area contributed by atoms with E-state index in [0.717, 1.165) is 18.9 Å². The summed E-state index contributed by atoms with van der Waals surface area (Å²) in [6.07, 6.45) is -0.303. The maximum atomic E-state index is 12.9. The molecule has 14 heteroatoms. The van der Waals surface area contributed by atoms with Crippen LogP contribution < -0.4 is 26.4 Å². The Labute approximate surface area is 192 Å². The van der Waals surface area contributed by atoms with Crippen LogP contribution in [0.25, 0.3) is 11.7 Å². The number of aromatic amines is 2. The van der Waals surface area contributed by atoms with Crippen LogP contribution in [0.2, 0.25) is 0 Å². The number of H-pyrrole nitrogens is 2. The van der Waals surface area contributed by atoms with Crippen LogP contribution in [0.1, 0.15) is 24.1 Å². The molecule has 4 N–H and O–H groups in total. The van der Waals surface area contributed by atoms with Crippen LogP contribution in [0.4, 0.5) is 24.7 Å². The molecular formula is C21H15F3N8O3. The van der Waals surface area contributed by atoms with E-state index in [1.165, 1.54) is 35.0 Å². The lowest BCUT2D eigenvalue weighted by atomic mass is 10.2. The number of nitrogens with zero attached hydrogens (tertiary/aromatic N) is 5. The molecule has 1 aromatic carbocycles. The Kier molecular flexibility index (Phi) is 5.16. The molecule has 1 fully saturated rings. The van der Waals surface area contributed by atoms with Crippen LogP contribution in [0.5, 0.6) is 11.6 Å². The highest BCUT2D eigenvalue weighted by molar-refractivity contribution is 5.67. The van der Waals surface area contributed by atoms with E-state index in [-0.39, 0.29) is 40.3 Å². The molecule has 0 aliphatic heterocycles. The van der Waals surface area contributed by atoms with Gasteiger partial charge in [-0.15, -0.1) is 13.2 Å². The highest BCUT2D eigenvalue weighted by Crippen LogP contribution is 2.33. The number of nitrogens with one attached hydrogen (secondary N) is 3. The first-order valence-electron chi connectivity index (χ1n) is 10.2. The molecular weight excluding hydrogens is 469 g/mol. The third-order valence-electron chi connectivity index (χ3n) is 4.98. The number of nitriles is 1. The molecule has 0 spiro atoms. The molecule has 1 aliphatic rings. The normalized spacial score (nSPS) is 14.9. The highest BCUT2D eigenvalue weighted by Gasteiger charge is 2.32. The summed E-state index contributed by atoms with van der Waals surface area (Å²) in [6.45, 7) is 0. The Morgan fingerprint density at radius 1 is 1.31 bits per heavy atom. The number of aromatic nitrogens is 5. The standard InChI is InChI=1S/C21H15F3N8O3/c22-21(23,24)35-15-5-10(8-25)1-4-13(15)28-16-7-17(27-12-2-3-12)32-18(30-16)11(9-26-32)6-14-19(33)31-20(34)29-14/h1,4-7,9,12,28,33H,2-3H2,(H2,29,31,34). The summed E-state index contributed by atoms with van der Waals surface area (Å²) >= 11 is 0. The third kappa shape index (κ3) is 4.78. The molecule has 1 aliphatic carbocycles. The van der Waals surface area contributed by atoms with Gasteiger partial charge in [-0.05, 0) is 31.1 Å². The maximum Gasteiger partial charge on any atom is 0.573 e. The minimum absolute atomic E-state index is 0.0180. The number of alkyl halides is 3. The van der Waals surface area contributed by atoms with Gasteiger partial charge < -0.3 is 20.1 Å². The Balaban J connectivity index is 1.65. The number of ether oxygens (including phenoxy) is 1. The van der Waals surface area contributed by atoms with E-state index in [9.17, 15) is 23.1 Å². The summed E-state index contributed by atoms with van der Waals surface area (Å²) in [7, 11) is 0. The highest BCUT2D eigenvalue weighted by atomic mass is 19.4. The second-order valence-electron chi connectivity index (χ2n) is 7.68. The molecule has 3 heterocycles. The maximum absolute atomic E-state index is 12.9. The number of aromatic hydroxyl groups is 1. The molecule has 0 saturated heterocycles. The monoisotopic (exact) mass is 484 g/mol. The SMILES string of the molecule is N#Cc1ccc(Nc2cc(=NC3CC3)n3ncc(=Cc4[nH]c(=O)[nH]c4O)c3n2)c(OC(F)(F)F)c1. The van der Waals surface area contributed by atoms with Gasteiger partial charge in [0.2, 0.25) is 5.88 Å². The van der Waals surface area contributed by atoms with Crippen LogP contribution in [0.3, 0.4) is 0 Å². The van der Waals surface area contributed by atoms with Gasteiger partial charge in [-0.3, -0.25) is 9.98 Å². The van der Waals surface area contributed by atoms with Gasteiger partial charge in [0.1, 0.15) is 11.5 Å². The average molecular weight is 484 g/mol. The molecule has 0 radical (unpaired) electrons. The van der Waals surface area contributed by atoms with Crippen molar-refractivity contribution in [2.45, 2.75) is 25.2 Å². The van der Waals surface area contributed by atoms with Crippen LogP contribution in [-0.2, 0) is 0 Å². The number of fused-ring (bicyclic) bond motifs is 1. The molecule has 4 aromatic rings. The Bertz CT molecular complexity index is 1660. The zero-order chi connectivity index (χ0) is 24.7. The first-order valence-corrected chi connectivity index (χ1v) is 10.2. The number of hydrogen-bond donors (Lipinski definition) is 4. The zero-order valence-electron chi connectivity index (χ0n) is 17.6. The minimum Gasteiger partial charge on any atom is -0.493 e. The largest absolute Gasteiger partial charge is 0.573 e. The lowest BCUT2D eigenvalue weighted by molar-refractivity contribution is -0.274. The Hall–Kier alpha value is -4.80. The molecule has 35 heavy (non-hydrogen) atoms. The predicted molar refractivity (Wildman–Crippen MR) is 115 cm³/mol. The van der Waals surface area contributed by atoms with Crippen molar-refractivity contribution in [2.75, 3.05) is 5.32 Å². The van der Waals surface area contributed by atoms with Gasteiger partial charge in [0.15, 0.2) is 16.9 Å². The van der Waals surface area contributed by atoms with Crippen LogP contribution in [0, 0.1) is 11.3 Å². The van der Waals surface area contributed by atoms with E-state index in [1.807, 2.05) is 0 Å². The first-order chi connectivity index (χ1) is 16.7. The van der Waals surface area contributed by atoms with Crippen molar-refractivity contribution in [3.05, 3.63) is 62.9 Å². The van der Waals surface area contributed by atoms with Crippen LogP contribution in [0.15, 0.2) is 40.2 Å². The minimum atomic E-state index is -4.97. The second kappa shape index (κ2) is 8.20. The molecule has 0 bridgehead atoms. The molecule has 178 valence electrons. The number of imidazole rings is 1. The fourth-order valence-corrected chi connectivity index (χ4v) is 3.30. The topological polar surface area (TPSA) is 156 Å². The summed E-state index contributed by atoms with van der Waals surface area (Å²) in [5, 5.41) is 26.4. The first kappa shape index (κ1) is 22.0. The Morgan fingerprint density at radius 2 is 2.11 bits per heavy atom. The van der Waals surface area contributed by atoms with Crippen molar-refractivity contribution in [2.24, 2.45) is 4.99 Å². The molecule has 5 rings (SSSR count). The average Bonchev–Trinajstić information content (AvgIpc) is 3.42. The second-order valence-corrected chi connectivity index (χ2v) is 7.68. The third-order valence-corrected chi connectivity index (χ3v) is 4.98. The fourth-order valence-electron chi connectivity index (χ4n) is 3.30. The lowest BCUT2D eigenvalue weighted by Gasteiger charge is -2.14. The molecule has 0 unspecified atom stereocenters. The quantitative estimate of drug-likeness (QED) is 0.335. The molecule has 0 amide bonds. The van der Waals surface area contributed by atoms with Gasteiger partial charge in [0, 0.05) is 17.4 Å². The van der Waals surface area contributed by atoms with Gasteiger partial charge >= 0.3 is 12.1 Å². The van der Waals surface area contributed by atoms with Crippen molar-refractivity contribution >= 4 is 23.2 Å². The number of rotatable bonds is 5. The molecule has 0 atom stereocenters. The summed E-state index contributed by atoms with van der Waals surface area (Å²) in [5.41, 5.74) is 0.0617.